The van der Waals surface area contributed by atoms with E-state index in [4.69, 9.17) is 4.74 Å². The Morgan fingerprint density at radius 3 is 2.68 bits per heavy atom. The van der Waals surface area contributed by atoms with Gasteiger partial charge in [-0.15, -0.1) is 0 Å². The van der Waals surface area contributed by atoms with Crippen molar-refractivity contribution >= 4 is 34.5 Å². The Morgan fingerprint density at radius 1 is 1.16 bits per heavy atom. The van der Waals surface area contributed by atoms with Gasteiger partial charge in [0.2, 0.25) is 0 Å². The molecule has 0 aliphatic rings. The number of rotatable bonds is 4. The van der Waals surface area contributed by atoms with E-state index < -0.39 is 0 Å². The molecule has 0 bridgehead atoms. The SMILES string of the molecule is COc1cccc(C=CC(=O)c2cccc(I)c2)c1. The predicted molar refractivity (Wildman–Crippen MR) is 85.5 cm³/mol. The number of benzene rings is 2. The molecule has 96 valence electrons. The van der Waals surface area contributed by atoms with Crippen molar-refractivity contribution < 1.29 is 9.53 Å². The third-order valence-electron chi connectivity index (χ3n) is 2.63. The Kier molecular flexibility index (Phi) is 4.74. The zero-order valence-corrected chi connectivity index (χ0v) is 12.6. The number of carbonyl (C=O) groups is 1. The first-order valence-electron chi connectivity index (χ1n) is 5.81. The van der Waals surface area contributed by atoms with E-state index in [0.29, 0.717) is 5.56 Å². The summed E-state index contributed by atoms with van der Waals surface area (Å²) < 4.78 is 6.20. The quantitative estimate of drug-likeness (QED) is 0.462. The molecule has 0 amide bonds. The molecule has 19 heavy (non-hydrogen) atoms. The summed E-state index contributed by atoms with van der Waals surface area (Å²) in [7, 11) is 1.62. The largest absolute Gasteiger partial charge is 0.497 e. The molecule has 2 aromatic rings. The van der Waals surface area contributed by atoms with Gasteiger partial charge in [0, 0.05) is 9.13 Å². The van der Waals surface area contributed by atoms with E-state index >= 15 is 0 Å². The normalized spacial score (nSPS) is 10.6. The molecule has 0 saturated heterocycles. The smallest absolute Gasteiger partial charge is 0.185 e. The van der Waals surface area contributed by atoms with Gasteiger partial charge in [-0.1, -0.05) is 30.3 Å². The predicted octanol–water partition coefficient (Wildman–Crippen LogP) is 4.20. The molecule has 0 heterocycles. The molecule has 2 nitrogen and oxygen atoms in total. The first kappa shape index (κ1) is 13.8. The van der Waals surface area contributed by atoms with E-state index in [-0.39, 0.29) is 5.78 Å². The van der Waals surface area contributed by atoms with E-state index in [0.717, 1.165) is 14.9 Å². The fourth-order valence-electron chi connectivity index (χ4n) is 1.66. The van der Waals surface area contributed by atoms with Crippen molar-refractivity contribution in [3.63, 3.8) is 0 Å². The summed E-state index contributed by atoms with van der Waals surface area (Å²) in [6.45, 7) is 0. The number of carbonyl (C=O) groups excluding carboxylic acids is 1. The van der Waals surface area contributed by atoms with Crippen LogP contribution in [0.3, 0.4) is 0 Å². The molecule has 2 rings (SSSR count). The number of ether oxygens (including phenoxy) is 1. The summed E-state index contributed by atoms with van der Waals surface area (Å²) in [5.74, 6) is 0.783. The maximum absolute atomic E-state index is 12.0. The lowest BCUT2D eigenvalue weighted by Gasteiger charge is -2.00. The van der Waals surface area contributed by atoms with Crippen molar-refractivity contribution in [1.29, 1.82) is 0 Å². The standard InChI is InChI=1S/C16H13IO2/c1-19-15-7-2-4-12(10-15)8-9-16(18)13-5-3-6-14(17)11-13/h2-11H,1H3. The van der Waals surface area contributed by atoms with Crippen molar-refractivity contribution in [2.45, 2.75) is 0 Å². The van der Waals surface area contributed by atoms with E-state index in [9.17, 15) is 4.79 Å². The number of hydrogen-bond donors (Lipinski definition) is 0. The van der Waals surface area contributed by atoms with Crippen LogP contribution in [0, 0.1) is 3.57 Å². The van der Waals surface area contributed by atoms with Crippen LogP contribution in [0.25, 0.3) is 6.08 Å². The second kappa shape index (κ2) is 6.52. The zero-order valence-electron chi connectivity index (χ0n) is 10.5. The first-order chi connectivity index (χ1) is 9.19. The molecule has 3 heteroatoms. The monoisotopic (exact) mass is 364 g/mol. The summed E-state index contributed by atoms with van der Waals surface area (Å²) in [5.41, 5.74) is 1.64. The zero-order chi connectivity index (χ0) is 13.7. The summed E-state index contributed by atoms with van der Waals surface area (Å²) in [6.07, 6.45) is 3.38. The topological polar surface area (TPSA) is 26.3 Å². The maximum atomic E-state index is 12.0. The van der Waals surface area contributed by atoms with Crippen LogP contribution in [0.2, 0.25) is 0 Å². The molecule has 0 radical (unpaired) electrons. The Hall–Kier alpha value is -1.62. The van der Waals surface area contributed by atoms with Gasteiger partial charge in [-0.3, -0.25) is 4.79 Å². The van der Waals surface area contributed by atoms with Gasteiger partial charge < -0.3 is 4.74 Å². The van der Waals surface area contributed by atoms with Gasteiger partial charge >= 0.3 is 0 Å². The number of halogens is 1. The van der Waals surface area contributed by atoms with Crippen LogP contribution in [0.5, 0.6) is 5.75 Å². The van der Waals surface area contributed by atoms with Gasteiger partial charge in [0.05, 0.1) is 7.11 Å². The van der Waals surface area contributed by atoms with E-state index in [1.54, 1.807) is 19.3 Å². The minimum atomic E-state index is 0.00124. The molecule has 0 aromatic heterocycles. The molecule has 2 aromatic carbocycles. The van der Waals surface area contributed by atoms with Crippen LogP contribution < -0.4 is 4.74 Å². The first-order valence-corrected chi connectivity index (χ1v) is 6.89. The fraction of sp³-hybridized carbons (Fsp3) is 0.0625. The van der Waals surface area contributed by atoms with Gasteiger partial charge in [-0.25, -0.2) is 0 Å². The number of methoxy groups -OCH3 is 1. The van der Waals surface area contributed by atoms with E-state index in [2.05, 4.69) is 22.6 Å². The maximum Gasteiger partial charge on any atom is 0.185 e. The van der Waals surface area contributed by atoms with Gasteiger partial charge in [-0.05, 0) is 58.5 Å². The number of ketones is 1. The minimum absolute atomic E-state index is 0.00124. The highest BCUT2D eigenvalue weighted by Crippen LogP contribution is 2.14. The molecule has 0 atom stereocenters. The van der Waals surface area contributed by atoms with Crippen molar-refractivity contribution in [3.8, 4) is 5.75 Å². The number of hydrogen-bond acceptors (Lipinski definition) is 2. The van der Waals surface area contributed by atoms with E-state index in [1.807, 2.05) is 48.5 Å². The Labute approximate surface area is 126 Å². The lowest BCUT2D eigenvalue weighted by molar-refractivity contribution is 0.104. The molecular formula is C16H13IO2. The average Bonchev–Trinajstić information content (AvgIpc) is 2.45. The average molecular weight is 364 g/mol. The van der Waals surface area contributed by atoms with Gasteiger partial charge in [0.1, 0.15) is 5.75 Å². The van der Waals surface area contributed by atoms with Crippen LogP contribution >= 0.6 is 22.6 Å². The Morgan fingerprint density at radius 2 is 1.95 bits per heavy atom. The molecule has 0 aliphatic heterocycles. The van der Waals surface area contributed by atoms with Gasteiger partial charge in [0.15, 0.2) is 5.78 Å². The molecular weight excluding hydrogens is 351 g/mol. The van der Waals surface area contributed by atoms with Crippen LogP contribution in [0.4, 0.5) is 0 Å². The minimum Gasteiger partial charge on any atom is -0.497 e. The third kappa shape index (κ3) is 3.92. The summed E-state index contributed by atoms with van der Waals surface area (Å²) >= 11 is 2.20. The van der Waals surface area contributed by atoms with Gasteiger partial charge in [-0.2, -0.15) is 0 Å². The highest BCUT2D eigenvalue weighted by Gasteiger charge is 2.01. The van der Waals surface area contributed by atoms with Crippen molar-refractivity contribution in [1.82, 2.24) is 0 Å². The summed E-state index contributed by atoms with van der Waals surface area (Å²) in [6, 6.07) is 15.1. The molecule has 0 aliphatic carbocycles. The molecule has 0 saturated carbocycles. The molecule has 0 fully saturated rings. The van der Waals surface area contributed by atoms with Crippen LogP contribution in [0.1, 0.15) is 15.9 Å². The number of allylic oxidation sites excluding steroid dienone is 1. The van der Waals surface area contributed by atoms with Crippen molar-refractivity contribution in [3.05, 3.63) is 69.3 Å². The van der Waals surface area contributed by atoms with Crippen molar-refractivity contribution in [2.24, 2.45) is 0 Å². The van der Waals surface area contributed by atoms with Crippen LogP contribution in [0.15, 0.2) is 54.6 Å². The summed E-state index contributed by atoms with van der Waals surface area (Å²) in [5, 5.41) is 0. The van der Waals surface area contributed by atoms with Crippen molar-refractivity contribution in [2.75, 3.05) is 7.11 Å². The van der Waals surface area contributed by atoms with Crippen LogP contribution in [-0.2, 0) is 0 Å². The lowest BCUT2D eigenvalue weighted by Crippen LogP contribution is -1.94. The molecule has 0 N–H and O–H groups in total. The highest BCUT2D eigenvalue weighted by molar-refractivity contribution is 14.1. The Balaban J connectivity index is 2.16. The fourth-order valence-corrected chi connectivity index (χ4v) is 2.20. The van der Waals surface area contributed by atoms with E-state index in [1.165, 1.54) is 0 Å². The highest BCUT2D eigenvalue weighted by atomic mass is 127. The second-order valence-corrected chi connectivity index (χ2v) is 5.23. The third-order valence-corrected chi connectivity index (χ3v) is 3.30. The molecule has 0 unspecified atom stereocenters. The van der Waals surface area contributed by atoms with Gasteiger partial charge in [0.25, 0.3) is 0 Å². The Bertz CT molecular complexity index is 618. The van der Waals surface area contributed by atoms with Crippen LogP contribution in [-0.4, -0.2) is 12.9 Å². The second-order valence-electron chi connectivity index (χ2n) is 3.98. The molecule has 0 spiro atoms. The summed E-state index contributed by atoms with van der Waals surface area (Å²) in [4.78, 5) is 12.0. The lowest BCUT2D eigenvalue weighted by atomic mass is 10.1.